The summed E-state index contributed by atoms with van der Waals surface area (Å²) < 4.78 is 5.17. The SMILES string of the molecule is Cc1noc(C)c1C(C)NCc1cccc(C#N)c1. The molecule has 1 atom stereocenters. The highest BCUT2D eigenvalue weighted by atomic mass is 16.5. The molecule has 0 saturated carbocycles. The molecule has 1 aromatic heterocycles. The van der Waals surface area contributed by atoms with Crippen LogP contribution in [0, 0.1) is 25.2 Å². The summed E-state index contributed by atoms with van der Waals surface area (Å²) in [5.41, 5.74) is 3.81. The zero-order valence-electron chi connectivity index (χ0n) is 11.4. The first-order valence-electron chi connectivity index (χ1n) is 6.27. The summed E-state index contributed by atoms with van der Waals surface area (Å²) in [6, 6.07) is 9.92. The van der Waals surface area contributed by atoms with Gasteiger partial charge in [0.2, 0.25) is 0 Å². The van der Waals surface area contributed by atoms with Crippen LogP contribution in [-0.2, 0) is 6.54 Å². The lowest BCUT2D eigenvalue weighted by Crippen LogP contribution is -2.19. The maximum absolute atomic E-state index is 8.87. The van der Waals surface area contributed by atoms with E-state index in [4.69, 9.17) is 9.78 Å². The van der Waals surface area contributed by atoms with Gasteiger partial charge in [-0.2, -0.15) is 5.26 Å². The molecule has 1 aromatic carbocycles. The van der Waals surface area contributed by atoms with E-state index >= 15 is 0 Å². The number of nitrogens with zero attached hydrogens (tertiary/aromatic N) is 2. The molecule has 4 heteroatoms. The molecule has 0 amide bonds. The van der Waals surface area contributed by atoms with E-state index < -0.39 is 0 Å². The predicted molar refractivity (Wildman–Crippen MR) is 72.4 cm³/mol. The third-order valence-corrected chi connectivity index (χ3v) is 3.19. The van der Waals surface area contributed by atoms with Crippen molar-refractivity contribution in [2.45, 2.75) is 33.4 Å². The van der Waals surface area contributed by atoms with E-state index in [1.807, 2.05) is 32.0 Å². The first-order chi connectivity index (χ1) is 9.11. The van der Waals surface area contributed by atoms with Crippen LogP contribution in [0.1, 0.15) is 41.1 Å². The Bertz CT molecular complexity index is 591. The average molecular weight is 255 g/mol. The van der Waals surface area contributed by atoms with E-state index in [1.165, 1.54) is 0 Å². The number of aromatic nitrogens is 1. The van der Waals surface area contributed by atoms with Crippen molar-refractivity contribution in [3.05, 3.63) is 52.4 Å². The molecule has 0 bridgehead atoms. The molecule has 4 nitrogen and oxygen atoms in total. The van der Waals surface area contributed by atoms with Gasteiger partial charge in [0.1, 0.15) is 5.76 Å². The van der Waals surface area contributed by atoms with Crippen LogP contribution < -0.4 is 5.32 Å². The Morgan fingerprint density at radius 3 is 2.84 bits per heavy atom. The molecule has 1 N–H and O–H groups in total. The summed E-state index contributed by atoms with van der Waals surface area (Å²) >= 11 is 0. The number of hydrogen-bond donors (Lipinski definition) is 1. The minimum absolute atomic E-state index is 0.164. The van der Waals surface area contributed by atoms with Crippen LogP contribution in [0.4, 0.5) is 0 Å². The fraction of sp³-hybridized carbons (Fsp3) is 0.333. The van der Waals surface area contributed by atoms with Crippen molar-refractivity contribution < 1.29 is 4.52 Å². The summed E-state index contributed by atoms with van der Waals surface area (Å²) in [6.45, 7) is 6.66. The van der Waals surface area contributed by atoms with E-state index in [0.717, 1.165) is 22.6 Å². The third kappa shape index (κ3) is 3.01. The van der Waals surface area contributed by atoms with Gasteiger partial charge < -0.3 is 9.84 Å². The summed E-state index contributed by atoms with van der Waals surface area (Å²) in [6.07, 6.45) is 0. The average Bonchev–Trinajstić information content (AvgIpc) is 2.76. The zero-order chi connectivity index (χ0) is 13.8. The lowest BCUT2D eigenvalue weighted by Gasteiger charge is -2.13. The second kappa shape index (κ2) is 5.68. The summed E-state index contributed by atoms with van der Waals surface area (Å²) in [5, 5.41) is 16.3. The van der Waals surface area contributed by atoms with Crippen molar-refractivity contribution in [3.8, 4) is 6.07 Å². The second-order valence-corrected chi connectivity index (χ2v) is 4.65. The van der Waals surface area contributed by atoms with Crippen LogP contribution in [0.25, 0.3) is 0 Å². The van der Waals surface area contributed by atoms with Crippen molar-refractivity contribution in [1.29, 1.82) is 5.26 Å². The molecule has 0 radical (unpaired) electrons. The highest BCUT2D eigenvalue weighted by molar-refractivity contribution is 5.33. The van der Waals surface area contributed by atoms with E-state index in [1.54, 1.807) is 6.07 Å². The molecule has 1 heterocycles. The Balaban J connectivity index is 2.04. The summed E-state index contributed by atoms with van der Waals surface area (Å²) in [5.74, 6) is 0.850. The van der Waals surface area contributed by atoms with Crippen LogP contribution in [0.2, 0.25) is 0 Å². The monoisotopic (exact) mass is 255 g/mol. The third-order valence-electron chi connectivity index (χ3n) is 3.19. The molecule has 1 unspecified atom stereocenters. The summed E-state index contributed by atoms with van der Waals surface area (Å²) in [4.78, 5) is 0. The van der Waals surface area contributed by atoms with Gasteiger partial charge in [0, 0.05) is 18.2 Å². The van der Waals surface area contributed by atoms with Crippen molar-refractivity contribution in [2.75, 3.05) is 0 Å². The fourth-order valence-corrected chi connectivity index (χ4v) is 2.23. The quantitative estimate of drug-likeness (QED) is 0.912. The number of rotatable bonds is 4. The number of benzene rings is 1. The minimum atomic E-state index is 0.164. The highest BCUT2D eigenvalue weighted by Crippen LogP contribution is 2.21. The van der Waals surface area contributed by atoms with Gasteiger partial charge >= 0.3 is 0 Å². The maximum Gasteiger partial charge on any atom is 0.138 e. The molecule has 19 heavy (non-hydrogen) atoms. The molecule has 0 spiro atoms. The van der Waals surface area contributed by atoms with Crippen LogP contribution in [-0.4, -0.2) is 5.16 Å². The van der Waals surface area contributed by atoms with Crippen molar-refractivity contribution in [2.24, 2.45) is 0 Å². The second-order valence-electron chi connectivity index (χ2n) is 4.65. The molecule has 0 fully saturated rings. The smallest absolute Gasteiger partial charge is 0.138 e. The van der Waals surface area contributed by atoms with Gasteiger partial charge in [0.05, 0.1) is 17.3 Å². The predicted octanol–water partition coefficient (Wildman–Crippen LogP) is 3.01. The molecule has 2 rings (SSSR count). The standard InChI is InChI=1S/C15H17N3O/c1-10(15-11(2)18-19-12(15)3)17-9-14-6-4-5-13(7-14)8-16/h4-7,10,17H,9H2,1-3H3. The lowest BCUT2D eigenvalue weighted by atomic mass is 10.1. The van der Waals surface area contributed by atoms with E-state index in [0.29, 0.717) is 12.1 Å². The van der Waals surface area contributed by atoms with E-state index in [9.17, 15) is 0 Å². The van der Waals surface area contributed by atoms with Gasteiger partial charge in [-0.1, -0.05) is 17.3 Å². The fourth-order valence-electron chi connectivity index (χ4n) is 2.23. The van der Waals surface area contributed by atoms with E-state index in [-0.39, 0.29) is 6.04 Å². The van der Waals surface area contributed by atoms with Crippen LogP contribution in [0.15, 0.2) is 28.8 Å². The largest absolute Gasteiger partial charge is 0.361 e. The molecule has 0 aliphatic rings. The highest BCUT2D eigenvalue weighted by Gasteiger charge is 2.15. The Labute approximate surface area is 113 Å². The number of nitriles is 1. The lowest BCUT2D eigenvalue weighted by molar-refractivity contribution is 0.390. The molecule has 0 aliphatic carbocycles. The van der Waals surface area contributed by atoms with Crippen molar-refractivity contribution >= 4 is 0 Å². The number of hydrogen-bond acceptors (Lipinski definition) is 4. The molecule has 98 valence electrons. The van der Waals surface area contributed by atoms with Gasteiger partial charge in [-0.15, -0.1) is 0 Å². The minimum Gasteiger partial charge on any atom is -0.361 e. The van der Waals surface area contributed by atoms with Crippen molar-refractivity contribution in [3.63, 3.8) is 0 Å². The molecule has 0 aliphatic heterocycles. The van der Waals surface area contributed by atoms with Gasteiger partial charge in [0.25, 0.3) is 0 Å². The first-order valence-corrected chi connectivity index (χ1v) is 6.27. The molecule has 2 aromatic rings. The molecular weight excluding hydrogens is 238 g/mol. The Hall–Kier alpha value is -2.12. The van der Waals surface area contributed by atoms with Gasteiger partial charge in [-0.05, 0) is 38.5 Å². The van der Waals surface area contributed by atoms with Crippen LogP contribution in [0.3, 0.4) is 0 Å². The van der Waals surface area contributed by atoms with Crippen molar-refractivity contribution in [1.82, 2.24) is 10.5 Å². The maximum atomic E-state index is 8.87. The first kappa shape index (κ1) is 13.3. The van der Waals surface area contributed by atoms with Gasteiger partial charge in [0.15, 0.2) is 0 Å². The molecule has 0 saturated heterocycles. The number of aryl methyl sites for hydroxylation is 2. The summed E-state index contributed by atoms with van der Waals surface area (Å²) in [7, 11) is 0. The number of nitrogens with one attached hydrogen (secondary N) is 1. The Morgan fingerprint density at radius 1 is 1.42 bits per heavy atom. The Morgan fingerprint density at radius 2 is 2.21 bits per heavy atom. The normalized spacial score (nSPS) is 12.1. The van der Waals surface area contributed by atoms with E-state index in [2.05, 4.69) is 23.5 Å². The van der Waals surface area contributed by atoms with Crippen LogP contribution in [0.5, 0.6) is 0 Å². The van der Waals surface area contributed by atoms with Crippen LogP contribution >= 0.6 is 0 Å². The van der Waals surface area contributed by atoms with Gasteiger partial charge in [-0.3, -0.25) is 0 Å². The zero-order valence-corrected chi connectivity index (χ0v) is 11.4. The van der Waals surface area contributed by atoms with Gasteiger partial charge in [-0.25, -0.2) is 0 Å². The topological polar surface area (TPSA) is 61.9 Å². The molecular formula is C15H17N3O. The Kier molecular flexibility index (Phi) is 3.98.